The highest BCUT2D eigenvalue weighted by Gasteiger charge is 2.83. The van der Waals surface area contributed by atoms with E-state index in [1.807, 2.05) is 6.92 Å². The van der Waals surface area contributed by atoms with Crippen molar-refractivity contribution in [2.24, 2.45) is 40.4 Å². The second-order valence-corrected chi connectivity index (χ2v) is 13.2. The van der Waals surface area contributed by atoms with Gasteiger partial charge in [0.2, 0.25) is 0 Å². The van der Waals surface area contributed by atoms with E-state index >= 15 is 0 Å². The molecule has 2 heterocycles. The molecule has 0 radical (unpaired) electrons. The van der Waals surface area contributed by atoms with E-state index in [0.717, 1.165) is 25.7 Å². The fourth-order valence-electron chi connectivity index (χ4n) is 9.94. The molecule has 0 aromatic rings. The van der Waals surface area contributed by atoms with Gasteiger partial charge in [-0.2, -0.15) is 0 Å². The molecule has 4 aliphatic carbocycles. The van der Waals surface area contributed by atoms with Crippen LogP contribution in [-0.2, 0) is 42.9 Å². The van der Waals surface area contributed by atoms with Crippen LogP contribution in [0.3, 0.4) is 0 Å². The average Bonchev–Trinajstić information content (AvgIpc) is 3.04. The molecular formula is C29H38O10. The quantitative estimate of drug-likeness (QED) is 0.488. The van der Waals surface area contributed by atoms with Crippen molar-refractivity contribution in [2.75, 3.05) is 0 Å². The molecule has 0 bridgehead atoms. The van der Waals surface area contributed by atoms with Gasteiger partial charge in [-0.1, -0.05) is 13.8 Å². The van der Waals surface area contributed by atoms with E-state index in [-0.39, 0.29) is 72.9 Å². The molecule has 2 aliphatic heterocycles. The first-order valence-electron chi connectivity index (χ1n) is 14.4. The van der Waals surface area contributed by atoms with Gasteiger partial charge in [-0.15, -0.1) is 0 Å². The third-order valence-corrected chi connectivity index (χ3v) is 11.6. The highest BCUT2D eigenvalue weighted by molar-refractivity contribution is 5.83. The Morgan fingerprint density at radius 1 is 0.769 bits per heavy atom. The first-order valence-corrected chi connectivity index (χ1v) is 14.4. The lowest BCUT2D eigenvalue weighted by Gasteiger charge is -2.67. The molecule has 1 N–H and O–H groups in total. The first-order chi connectivity index (χ1) is 18.4. The van der Waals surface area contributed by atoms with Gasteiger partial charge in [0.25, 0.3) is 0 Å². The fourth-order valence-corrected chi connectivity index (χ4v) is 9.94. The largest absolute Gasteiger partial charge is 0.414 e. The van der Waals surface area contributed by atoms with Gasteiger partial charge in [0.15, 0.2) is 0 Å². The van der Waals surface area contributed by atoms with Gasteiger partial charge in [-0.05, 0) is 81.0 Å². The van der Waals surface area contributed by atoms with E-state index in [1.54, 1.807) is 6.92 Å². The maximum Gasteiger partial charge on any atom is 0.361 e. The lowest BCUT2D eigenvalue weighted by atomic mass is 9.42. The molecule has 214 valence electrons. The standard InChI is InChI=1S/C29H38O10/c1-15(30)18-6-7-19-17-5-4-16-14-21(31)28(36-22(32)8-9-23(33)37-28)29(38-24(34)10-11-25(35)39-29)27(16,3)20(17)12-13-26(18,19)2/h16-21,31H,4-14H2,1-3H3/t16-,17+,18+,19-,20-,21-,26+,27-/m0/s1. The second kappa shape index (κ2) is 8.75. The Bertz CT molecular complexity index is 1090. The van der Waals surface area contributed by atoms with Crippen LogP contribution in [0.1, 0.15) is 91.4 Å². The topological polar surface area (TPSA) is 142 Å². The highest BCUT2D eigenvalue weighted by Crippen LogP contribution is 2.72. The van der Waals surface area contributed by atoms with Gasteiger partial charge in [0.05, 0.1) is 31.1 Å². The van der Waals surface area contributed by atoms with Crippen LogP contribution >= 0.6 is 0 Å². The molecular weight excluding hydrogens is 508 g/mol. The van der Waals surface area contributed by atoms with Crippen molar-refractivity contribution >= 4 is 29.7 Å². The maximum atomic E-state index is 13.2. The van der Waals surface area contributed by atoms with Crippen LogP contribution in [0.4, 0.5) is 0 Å². The van der Waals surface area contributed by atoms with Crippen LogP contribution in [-0.4, -0.2) is 52.4 Å². The summed E-state index contributed by atoms with van der Waals surface area (Å²) < 4.78 is 23.8. The molecule has 0 aromatic heterocycles. The van der Waals surface area contributed by atoms with Gasteiger partial charge in [-0.3, -0.25) is 24.0 Å². The van der Waals surface area contributed by atoms with Gasteiger partial charge in [0, 0.05) is 5.92 Å². The first kappa shape index (κ1) is 26.7. The molecule has 2 saturated heterocycles. The number of ketones is 1. The molecule has 39 heavy (non-hydrogen) atoms. The zero-order valence-corrected chi connectivity index (χ0v) is 22.9. The number of esters is 4. The Kier molecular flexibility index (Phi) is 6.00. The molecule has 0 amide bonds. The number of aliphatic hydroxyl groups excluding tert-OH is 1. The Hall–Kier alpha value is -2.49. The second-order valence-electron chi connectivity index (χ2n) is 13.2. The van der Waals surface area contributed by atoms with Crippen molar-refractivity contribution in [3.63, 3.8) is 0 Å². The highest BCUT2D eigenvalue weighted by atomic mass is 16.8. The number of carbonyl (C=O) groups excluding carboxylic acids is 5. The van der Waals surface area contributed by atoms with Gasteiger partial charge in [0.1, 0.15) is 11.9 Å². The Morgan fingerprint density at radius 3 is 1.90 bits per heavy atom. The molecule has 4 saturated carbocycles. The summed E-state index contributed by atoms with van der Waals surface area (Å²) >= 11 is 0. The Labute approximate surface area is 227 Å². The summed E-state index contributed by atoms with van der Waals surface area (Å²) in [5.41, 5.74) is -1.29. The van der Waals surface area contributed by atoms with Gasteiger partial charge >= 0.3 is 35.5 Å². The lowest BCUT2D eigenvalue weighted by molar-refractivity contribution is -0.450. The van der Waals surface area contributed by atoms with E-state index in [4.69, 9.17) is 18.9 Å². The fraction of sp³-hybridized carbons (Fsp3) is 0.828. The average molecular weight is 547 g/mol. The van der Waals surface area contributed by atoms with Crippen molar-refractivity contribution in [1.82, 2.24) is 0 Å². The number of ether oxygens (including phenoxy) is 4. The van der Waals surface area contributed by atoms with Gasteiger partial charge in [-0.25, -0.2) is 0 Å². The van der Waals surface area contributed by atoms with E-state index < -0.39 is 47.0 Å². The molecule has 8 atom stereocenters. The van der Waals surface area contributed by atoms with E-state index in [9.17, 15) is 29.1 Å². The van der Waals surface area contributed by atoms with Crippen molar-refractivity contribution in [3.05, 3.63) is 0 Å². The number of carbonyl (C=O) groups is 5. The lowest BCUT2D eigenvalue weighted by Crippen LogP contribution is -2.80. The molecule has 6 aliphatic rings. The van der Waals surface area contributed by atoms with E-state index in [1.165, 1.54) is 0 Å². The summed E-state index contributed by atoms with van der Waals surface area (Å²) in [6.45, 7) is 5.77. The predicted octanol–water partition coefficient (Wildman–Crippen LogP) is 2.97. The monoisotopic (exact) mass is 546 g/mol. The van der Waals surface area contributed by atoms with Crippen molar-refractivity contribution in [1.29, 1.82) is 0 Å². The van der Waals surface area contributed by atoms with E-state index in [0.29, 0.717) is 12.8 Å². The number of rotatable bonds is 1. The third-order valence-electron chi connectivity index (χ3n) is 11.6. The predicted molar refractivity (Wildman–Crippen MR) is 131 cm³/mol. The summed E-state index contributed by atoms with van der Waals surface area (Å²) in [7, 11) is 0. The minimum Gasteiger partial charge on any atom is -0.414 e. The molecule has 6 rings (SSSR count). The zero-order valence-electron chi connectivity index (χ0n) is 22.9. The number of Topliss-reactive ketones (excluding diaryl/α,β-unsaturated/α-hetero) is 1. The van der Waals surface area contributed by atoms with Crippen LogP contribution in [0.5, 0.6) is 0 Å². The molecule has 10 heteroatoms. The maximum absolute atomic E-state index is 13.2. The van der Waals surface area contributed by atoms with Crippen LogP contribution in [0.15, 0.2) is 0 Å². The number of aliphatic hydroxyl groups is 1. The molecule has 0 unspecified atom stereocenters. The summed E-state index contributed by atoms with van der Waals surface area (Å²) in [5, 5.41) is 11.6. The Morgan fingerprint density at radius 2 is 1.33 bits per heavy atom. The van der Waals surface area contributed by atoms with Gasteiger partial charge < -0.3 is 24.1 Å². The van der Waals surface area contributed by atoms with Crippen LogP contribution in [0, 0.1) is 40.4 Å². The molecule has 6 fully saturated rings. The zero-order chi connectivity index (χ0) is 28.0. The van der Waals surface area contributed by atoms with Crippen molar-refractivity contribution < 1.29 is 48.0 Å². The Balaban J connectivity index is 1.53. The van der Waals surface area contributed by atoms with Crippen molar-refractivity contribution in [2.45, 2.75) is 109 Å². The molecule has 0 aromatic carbocycles. The molecule has 2 spiro atoms. The number of hydrogen-bond acceptors (Lipinski definition) is 10. The van der Waals surface area contributed by atoms with Crippen LogP contribution in [0.2, 0.25) is 0 Å². The smallest absolute Gasteiger partial charge is 0.361 e. The summed E-state index contributed by atoms with van der Waals surface area (Å²) in [6.07, 6.45) is 2.17. The normalized spacial score (nSPS) is 44.5. The summed E-state index contributed by atoms with van der Waals surface area (Å²) in [5.74, 6) is -7.85. The van der Waals surface area contributed by atoms with Crippen LogP contribution in [0.25, 0.3) is 0 Å². The summed E-state index contributed by atoms with van der Waals surface area (Å²) in [6, 6.07) is 0. The molecule has 10 nitrogen and oxygen atoms in total. The van der Waals surface area contributed by atoms with E-state index in [2.05, 4.69) is 6.92 Å². The SMILES string of the molecule is CC(=O)[C@H]1CC[C@H]2[C@H]3CC[C@H]4C[C@H](O)C5(OC(=O)CCC(=O)O5)C5(OC(=O)CCC(=O)O5)[C@]4(C)[C@H]3CC[C@]12C. The van der Waals surface area contributed by atoms with Crippen molar-refractivity contribution in [3.8, 4) is 0 Å². The third kappa shape index (κ3) is 3.45. The minimum absolute atomic E-state index is 0.0141. The summed E-state index contributed by atoms with van der Waals surface area (Å²) in [4.78, 5) is 64.7. The van der Waals surface area contributed by atoms with Crippen LogP contribution < -0.4 is 0 Å². The number of fused-ring (bicyclic) bond motifs is 7. The minimum atomic E-state index is -2.52. The number of hydrogen-bond donors (Lipinski definition) is 1.